The Labute approximate surface area is 208 Å². The molecule has 2 aliphatic rings. The Hall–Kier alpha value is -5.60. The van der Waals surface area contributed by atoms with Gasteiger partial charge in [0.05, 0.1) is 11.1 Å². The Morgan fingerprint density at radius 3 is 1.08 bits per heavy atom. The van der Waals surface area contributed by atoms with Crippen LogP contribution >= 0.6 is 0 Å². The molecule has 0 aliphatic heterocycles. The van der Waals surface area contributed by atoms with Gasteiger partial charge in [-0.15, -0.1) is 0 Å². The van der Waals surface area contributed by atoms with E-state index in [1.165, 1.54) is 12.2 Å². The first-order valence-corrected chi connectivity index (χ1v) is 10.0. The molecule has 0 saturated carbocycles. The summed E-state index contributed by atoms with van der Waals surface area (Å²) in [6, 6.07) is 6.68. The number of nitrogens with zero attached hydrogens (tertiary/aromatic N) is 8. The molecule has 2 aromatic heterocycles. The summed E-state index contributed by atoms with van der Waals surface area (Å²) in [5.41, 5.74) is -3.43. The van der Waals surface area contributed by atoms with Gasteiger partial charge in [-0.2, -0.15) is 47.4 Å². The van der Waals surface area contributed by atoms with Crippen molar-refractivity contribution in [3.05, 3.63) is 93.2 Å². The molecular formula is C24H6F6N8. The zero-order valence-electron chi connectivity index (χ0n) is 18.3. The molecular weight excluding hydrogens is 514 g/mol. The van der Waals surface area contributed by atoms with Gasteiger partial charge in [0.1, 0.15) is 35.4 Å². The second kappa shape index (κ2) is 9.12. The van der Waals surface area contributed by atoms with Gasteiger partial charge in [0, 0.05) is 47.1 Å². The fraction of sp³-hybridized carbons (Fsp3) is 0.0833. The van der Waals surface area contributed by atoms with E-state index in [4.69, 9.17) is 0 Å². The van der Waals surface area contributed by atoms with Crippen molar-refractivity contribution >= 4 is 11.1 Å². The highest BCUT2D eigenvalue weighted by Gasteiger charge is 2.38. The average molecular weight is 520 g/mol. The summed E-state index contributed by atoms with van der Waals surface area (Å²) in [7, 11) is 0. The molecule has 0 saturated heterocycles. The molecule has 0 bridgehead atoms. The molecule has 184 valence electrons. The van der Waals surface area contributed by atoms with Crippen LogP contribution in [0.5, 0.6) is 0 Å². The number of rotatable bonds is 2. The van der Waals surface area contributed by atoms with Crippen molar-refractivity contribution < 1.29 is 26.3 Å². The third-order valence-electron chi connectivity index (χ3n) is 5.33. The largest absolute Gasteiger partial charge is 0.419 e. The minimum Gasteiger partial charge on any atom is -0.236 e. The highest BCUT2D eigenvalue weighted by Crippen LogP contribution is 2.50. The van der Waals surface area contributed by atoms with Crippen LogP contribution in [0.15, 0.2) is 70.4 Å². The molecule has 0 amide bonds. The SMILES string of the molecule is N#CC(C#N)=C1C(c2ncc(C(F)(F)F)cn2)=CC2=C1C=C(c1ncc(C(F)(F)F)cn1)C2=C(C#N)C#N. The van der Waals surface area contributed by atoms with Gasteiger partial charge in [-0.3, -0.25) is 0 Å². The lowest BCUT2D eigenvalue weighted by molar-refractivity contribution is -0.138. The van der Waals surface area contributed by atoms with Crippen molar-refractivity contribution in [3.63, 3.8) is 0 Å². The molecule has 2 aliphatic carbocycles. The number of hydrogen-bond donors (Lipinski definition) is 0. The number of nitriles is 4. The first-order valence-electron chi connectivity index (χ1n) is 10.0. The molecule has 2 heterocycles. The third-order valence-corrected chi connectivity index (χ3v) is 5.33. The third kappa shape index (κ3) is 4.28. The minimum atomic E-state index is -4.73. The molecule has 0 radical (unpaired) electrons. The summed E-state index contributed by atoms with van der Waals surface area (Å²) in [6.07, 6.45) is -4.90. The topological polar surface area (TPSA) is 147 Å². The predicted molar refractivity (Wildman–Crippen MR) is 114 cm³/mol. The smallest absolute Gasteiger partial charge is 0.236 e. The fourth-order valence-electron chi connectivity index (χ4n) is 3.68. The van der Waals surface area contributed by atoms with Gasteiger partial charge >= 0.3 is 12.4 Å². The van der Waals surface area contributed by atoms with Crippen LogP contribution < -0.4 is 0 Å². The Morgan fingerprint density at radius 1 is 0.553 bits per heavy atom. The number of allylic oxidation sites excluding steroid dienone is 10. The maximum atomic E-state index is 13.0. The lowest BCUT2D eigenvalue weighted by Crippen LogP contribution is -2.08. The molecule has 0 atom stereocenters. The highest BCUT2D eigenvalue weighted by atomic mass is 19.4. The van der Waals surface area contributed by atoms with Crippen LogP contribution in [0.1, 0.15) is 22.8 Å². The molecule has 8 nitrogen and oxygen atoms in total. The van der Waals surface area contributed by atoms with E-state index in [1.54, 1.807) is 24.3 Å². The number of hydrogen-bond acceptors (Lipinski definition) is 8. The Balaban J connectivity index is 1.93. The summed E-state index contributed by atoms with van der Waals surface area (Å²) in [6.45, 7) is 0. The van der Waals surface area contributed by atoms with E-state index in [0.29, 0.717) is 24.8 Å². The maximum Gasteiger partial charge on any atom is 0.419 e. The lowest BCUT2D eigenvalue weighted by Gasteiger charge is -2.11. The molecule has 0 N–H and O–H groups in total. The van der Waals surface area contributed by atoms with Crippen LogP contribution in [0.4, 0.5) is 26.3 Å². The maximum absolute atomic E-state index is 13.0. The summed E-state index contributed by atoms with van der Waals surface area (Å²) < 4.78 is 77.8. The van der Waals surface area contributed by atoms with E-state index in [0.717, 1.165) is 0 Å². The Kier molecular flexibility index (Phi) is 6.12. The average Bonchev–Trinajstić information content (AvgIpc) is 3.42. The summed E-state index contributed by atoms with van der Waals surface area (Å²) in [5, 5.41) is 38.2. The second-order valence-corrected chi connectivity index (χ2v) is 7.48. The van der Waals surface area contributed by atoms with Gasteiger partial charge in [-0.25, -0.2) is 19.9 Å². The van der Waals surface area contributed by atoms with Crippen molar-refractivity contribution in [3.8, 4) is 24.3 Å². The first-order chi connectivity index (χ1) is 17.9. The van der Waals surface area contributed by atoms with Crippen molar-refractivity contribution in [2.75, 3.05) is 0 Å². The lowest BCUT2D eigenvalue weighted by atomic mass is 9.96. The van der Waals surface area contributed by atoms with Crippen LogP contribution in [0.25, 0.3) is 11.1 Å². The summed E-state index contributed by atoms with van der Waals surface area (Å²) >= 11 is 0. The van der Waals surface area contributed by atoms with Crippen LogP contribution in [-0.4, -0.2) is 19.9 Å². The van der Waals surface area contributed by atoms with Gasteiger partial charge in [-0.1, -0.05) is 0 Å². The molecule has 0 aromatic carbocycles. The molecule has 38 heavy (non-hydrogen) atoms. The number of halogens is 6. The van der Waals surface area contributed by atoms with Gasteiger partial charge in [-0.05, 0) is 23.3 Å². The first kappa shape index (κ1) is 25.5. The summed E-state index contributed by atoms with van der Waals surface area (Å²) in [5.74, 6) is -0.582. The van der Waals surface area contributed by atoms with Gasteiger partial charge in [0.2, 0.25) is 0 Å². The van der Waals surface area contributed by atoms with Crippen molar-refractivity contribution in [1.82, 2.24) is 19.9 Å². The van der Waals surface area contributed by atoms with E-state index in [-0.39, 0.29) is 45.1 Å². The van der Waals surface area contributed by atoms with E-state index in [2.05, 4.69) is 19.9 Å². The Morgan fingerprint density at radius 2 is 0.842 bits per heavy atom. The summed E-state index contributed by atoms with van der Waals surface area (Å²) in [4.78, 5) is 14.8. The zero-order valence-corrected chi connectivity index (χ0v) is 18.3. The fourth-order valence-corrected chi connectivity index (χ4v) is 3.68. The Bertz CT molecular complexity index is 1530. The minimum absolute atomic E-state index is 0.0433. The van der Waals surface area contributed by atoms with E-state index < -0.39 is 34.6 Å². The molecule has 0 spiro atoms. The predicted octanol–water partition coefficient (Wildman–Crippen LogP) is 4.78. The molecule has 0 unspecified atom stereocenters. The van der Waals surface area contributed by atoms with E-state index in [9.17, 15) is 47.4 Å². The van der Waals surface area contributed by atoms with E-state index in [1.807, 2.05) is 0 Å². The number of aromatic nitrogens is 4. The molecule has 4 rings (SSSR count). The standard InChI is InChI=1S/C24H6F6N8/c25-23(26,27)13-7-35-21(36-8-13)17-1-15-16(20(17)12(5-33)6-34)2-18(19(15)11(3-31)4-32)22-37-9-14(10-38-22)24(28,29)30/h1-2,7-10H. The molecule has 0 fully saturated rings. The van der Waals surface area contributed by atoms with Crippen LogP contribution in [0.3, 0.4) is 0 Å². The molecule has 2 aromatic rings. The zero-order chi connectivity index (χ0) is 27.8. The van der Waals surface area contributed by atoms with Crippen LogP contribution in [-0.2, 0) is 12.4 Å². The van der Waals surface area contributed by atoms with Crippen LogP contribution in [0, 0.1) is 45.3 Å². The quantitative estimate of drug-likeness (QED) is 0.406. The second-order valence-electron chi connectivity index (χ2n) is 7.48. The molecule has 14 heteroatoms. The monoisotopic (exact) mass is 520 g/mol. The van der Waals surface area contributed by atoms with Crippen molar-refractivity contribution in [2.24, 2.45) is 0 Å². The van der Waals surface area contributed by atoms with Crippen molar-refractivity contribution in [1.29, 1.82) is 21.0 Å². The van der Waals surface area contributed by atoms with Crippen molar-refractivity contribution in [2.45, 2.75) is 12.4 Å². The van der Waals surface area contributed by atoms with Gasteiger partial charge in [0.25, 0.3) is 0 Å². The van der Waals surface area contributed by atoms with Crippen LogP contribution in [0.2, 0.25) is 0 Å². The van der Waals surface area contributed by atoms with E-state index >= 15 is 0 Å². The number of alkyl halides is 6. The van der Waals surface area contributed by atoms with Gasteiger partial charge in [0.15, 0.2) is 11.6 Å². The normalized spacial score (nSPS) is 14.6. The highest BCUT2D eigenvalue weighted by molar-refractivity contribution is 6.03. The van der Waals surface area contributed by atoms with Gasteiger partial charge < -0.3 is 0 Å².